The van der Waals surface area contributed by atoms with Crippen molar-refractivity contribution in [3.8, 4) is 22.8 Å². The average molecular weight is 468 g/mol. The van der Waals surface area contributed by atoms with Gasteiger partial charge in [-0.2, -0.15) is 5.10 Å². The van der Waals surface area contributed by atoms with Crippen LogP contribution in [0.15, 0.2) is 36.4 Å². The van der Waals surface area contributed by atoms with Crippen molar-refractivity contribution in [3.63, 3.8) is 0 Å². The molecule has 2 aromatic carbocycles. The number of halogens is 1. The maximum absolute atomic E-state index is 13.3. The van der Waals surface area contributed by atoms with Gasteiger partial charge in [0.05, 0.1) is 12.6 Å². The second kappa shape index (κ2) is 9.48. The van der Waals surface area contributed by atoms with E-state index in [0.29, 0.717) is 41.0 Å². The molecule has 2 N–H and O–H groups in total. The first-order valence-electron chi connectivity index (χ1n) is 11.4. The second-order valence-electron chi connectivity index (χ2n) is 8.98. The van der Waals surface area contributed by atoms with E-state index in [1.54, 1.807) is 12.1 Å². The van der Waals surface area contributed by atoms with Gasteiger partial charge in [0, 0.05) is 22.7 Å². The fraction of sp³-hybridized carbons (Fsp3) is 0.385. The van der Waals surface area contributed by atoms with Crippen molar-refractivity contribution < 1.29 is 14.6 Å². The van der Waals surface area contributed by atoms with Gasteiger partial charge >= 0.3 is 0 Å². The minimum atomic E-state index is -0.339. The number of aromatic amines is 1. The smallest absolute Gasteiger partial charge is 0.273 e. The van der Waals surface area contributed by atoms with Gasteiger partial charge in [-0.3, -0.25) is 9.89 Å². The van der Waals surface area contributed by atoms with Crippen molar-refractivity contribution in [2.75, 3.05) is 13.2 Å². The molecule has 7 heteroatoms. The van der Waals surface area contributed by atoms with Gasteiger partial charge in [0.1, 0.15) is 22.9 Å². The van der Waals surface area contributed by atoms with Gasteiger partial charge in [-0.05, 0) is 61.1 Å². The second-order valence-corrected chi connectivity index (χ2v) is 9.39. The molecule has 0 fully saturated rings. The number of carbonyl (C=O) groups is 1. The van der Waals surface area contributed by atoms with E-state index in [2.05, 4.69) is 24.0 Å². The fourth-order valence-electron chi connectivity index (χ4n) is 4.26. The zero-order valence-corrected chi connectivity index (χ0v) is 20.2. The van der Waals surface area contributed by atoms with Crippen LogP contribution in [0.1, 0.15) is 66.8 Å². The molecule has 1 atom stereocenters. The molecule has 3 aromatic rings. The highest BCUT2D eigenvalue weighted by atomic mass is 35.5. The number of benzene rings is 2. The summed E-state index contributed by atoms with van der Waals surface area (Å²) in [6.45, 7) is 9.46. The summed E-state index contributed by atoms with van der Waals surface area (Å²) in [6, 6.07) is 10.9. The van der Waals surface area contributed by atoms with Crippen molar-refractivity contribution in [2.24, 2.45) is 5.92 Å². The molecule has 1 aromatic heterocycles. The number of ether oxygens (including phenoxy) is 1. The number of fused-ring (bicyclic) bond motifs is 1. The van der Waals surface area contributed by atoms with Crippen LogP contribution in [0.25, 0.3) is 11.3 Å². The number of nitrogens with one attached hydrogen (secondary N) is 1. The normalized spacial score (nSPS) is 15.4. The molecule has 4 rings (SSSR count). The number of phenols is 1. The van der Waals surface area contributed by atoms with Crippen LogP contribution in [0.2, 0.25) is 5.02 Å². The number of rotatable bonds is 8. The first kappa shape index (κ1) is 23.2. The fourth-order valence-corrected chi connectivity index (χ4v) is 4.43. The van der Waals surface area contributed by atoms with Crippen molar-refractivity contribution in [1.82, 2.24) is 15.1 Å². The van der Waals surface area contributed by atoms with E-state index < -0.39 is 0 Å². The van der Waals surface area contributed by atoms with E-state index in [1.807, 2.05) is 43.0 Å². The number of aryl methyl sites for hydroxylation is 1. The summed E-state index contributed by atoms with van der Waals surface area (Å²) < 4.78 is 5.99. The predicted molar refractivity (Wildman–Crippen MR) is 130 cm³/mol. The Morgan fingerprint density at radius 2 is 2.06 bits per heavy atom. The predicted octanol–water partition coefficient (Wildman–Crippen LogP) is 6.12. The van der Waals surface area contributed by atoms with Crippen LogP contribution in [0, 0.1) is 12.8 Å². The van der Waals surface area contributed by atoms with E-state index in [4.69, 9.17) is 16.3 Å². The van der Waals surface area contributed by atoms with Crippen LogP contribution < -0.4 is 4.74 Å². The van der Waals surface area contributed by atoms with E-state index in [1.165, 1.54) is 0 Å². The SMILES string of the molecule is CCCN1C(=O)c2[nH]nc(-c3cc(Cl)c(C)cc3O)c2C1c1cccc(OCCC(C)C)c1. The zero-order chi connectivity index (χ0) is 23.7. The highest BCUT2D eigenvalue weighted by molar-refractivity contribution is 6.31. The van der Waals surface area contributed by atoms with Crippen molar-refractivity contribution in [3.05, 3.63) is 63.8 Å². The summed E-state index contributed by atoms with van der Waals surface area (Å²) in [4.78, 5) is 15.1. The minimum absolute atomic E-state index is 0.0807. The Morgan fingerprint density at radius 3 is 2.79 bits per heavy atom. The quantitative estimate of drug-likeness (QED) is 0.418. The largest absolute Gasteiger partial charge is 0.507 e. The number of hydrogen-bond donors (Lipinski definition) is 2. The molecular formula is C26H30ClN3O3. The van der Waals surface area contributed by atoms with Crippen molar-refractivity contribution >= 4 is 17.5 Å². The molecule has 6 nitrogen and oxygen atoms in total. The number of nitrogens with zero attached hydrogens (tertiary/aromatic N) is 2. The van der Waals surface area contributed by atoms with E-state index >= 15 is 0 Å². The number of aromatic hydroxyl groups is 1. The third kappa shape index (κ3) is 4.44. The first-order chi connectivity index (χ1) is 15.8. The minimum Gasteiger partial charge on any atom is -0.507 e. The lowest BCUT2D eigenvalue weighted by Gasteiger charge is -2.26. The summed E-state index contributed by atoms with van der Waals surface area (Å²) in [5.41, 5.74) is 3.96. The molecule has 0 spiro atoms. The van der Waals surface area contributed by atoms with Crippen LogP contribution in [-0.4, -0.2) is 39.3 Å². The molecule has 0 saturated carbocycles. The Morgan fingerprint density at radius 1 is 1.27 bits per heavy atom. The molecular weight excluding hydrogens is 438 g/mol. The van der Waals surface area contributed by atoms with Gasteiger partial charge in [-0.15, -0.1) is 0 Å². The van der Waals surface area contributed by atoms with Gasteiger partial charge in [-0.25, -0.2) is 0 Å². The van der Waals surface area contributed by atoms with Gasteiger partial charge < -0.3 is 14.7 Å². The molecule has 0 aliphatic carbocycles. The lowest BCUT2D eigenvalue weighted by atomic mass is 9.95. The summed E-state index contributed by atoms with van der Waals surface area (Å²) in [5.74, 6) is 1.32. The van der Waals surface area contributed by atoms with Gasteiger partial charge in [0.15, 0.2) is 0 Å². The van der Waals surface area contributed by atoms with Gasteiger partial charge in [0.25, 0.3) is 5.91 Å². The summed E-state index contributed by atoms with van der Waals surface area (Å²) in [7, 11) is 0. The molecule has 2 heterocycles. The molecule has 1 aliphatic heterocycles. The highest BCUT2D eigenvalue weighted by Crippen LogP contribution is 2.45. The molecule has 1 amide bonds. The van der Waals surface area contributed by atoms with Crippen LogP contribution in [0.4, 0.5) is 0 Å². The zero-order valence-electron chi connectivity index (χ0n) is 19.5. The number of H-pyrrole nitrogens is 1. The molecule has 33 heavy (non-hydrogen) atoms. The Bertz CT molecular complexity index is 1170. The lowest BCUT2D eigenvalue weighted by molar-refractivity contribution is 0.0743. The van der Waals surface area contributed by atoms with Gasteiger partial charge in [0.2, 0.25) is 0 Å². The number of carbonyl (C=O) groups excluding carboxylic acids is 1. The summed E-state index contributed by atoms with van der Waals surface area (Å²) in [6.07, 6.45) is 1.79. The Hall–Kier alpha value is -2.99. The van der Waals surface area contributed by atoms with Crippen LogP contribution >= 0.6 is 11.6 Å². The van der Waals surface area contributed by atoms with E-state index in [-0.39, 0.29) is 17.7 Å². The van der Waals surface area contributed by atoms with E-state index in [0.717, 1.165) is 35.3 Å². The average Bonchev–Trinajstić information content (AvgIpc) is 3.30. The topological polar surface area (TPSA) is 78.5 Å². The van der Waals surface area contributed by atoms with Gasteiger partial charge in [-0.1, -0.05) is 44.5 Å². The molecule has 0 radical (unpaired) electrons. The molecule has 1 aliphatic rings. The Labute approximate surface area is 199 Å². The highest BCUT2D eigenvalue weighted by Gasteiger charge is 2.42. The summed E-state index contributed by atoms with van der Waals surface area (Å²) in [5, 5.41) is 18.5. The number of amides is 1. The molecule has 174 valence electrons. The lowest BCUT2D eigenvalue weighted by Crippen LogP contribution is -2.30. The summed E-state index contributed by atoms with van der Waals surface area (Å²) >= 11 is 6.36. The number of phenolic OH excluding ortho intramolecular Hbond substituents is 1. The monoisotopic (exact) mass is 467 g/mol. The molecule has 0 bridgehead atoms. The third-order valence-corrected chi connectivity index (χ3v) is 6.41. The first-order valence-corrected chi connectivity index (χ1v) is 11.8. The van der Waals surface area contributed by atoms with E-state index in [9.17, 15) is 9.90 Å². The third-order valence-electron chi connectivity index (χ3n) is 6.00. The maximum Gasteiger partial charge on any atom is 0.273 e. The van der Waals surface area contributed by atoms with Crippen molar-refractivity contribution in [2.45, 2.75) is 46.6 Å². The number of aromatic nitrogens is 2. The molecule has 0 saturated heterocycles. The number of hydrogen-bond acceptors (Lipinski definition) is 4. The van der Waals surface area contributed by atoms with Crippen LogP contribution in [0.3, 0.4) is 0 Å². The van der Waals surface area contributed by atoms with Crippen molar-refractivity contribution in [1.29, 1.82) is 0 Å². The maximum atomic E-state index is 13.3. The standard InChI is InChI=1S/C26H30ClN3O3/c1-5-10-30-25(17-7-6-8-18(13-17)33-11-9-15(2)3)22-23(28-29-24(22)26(30)32)19-14-20(27)16(4)12-21(19)31/h6-8,12-15,25,31H,5,9-11H2,1-4H3,(H,28,29). The van der Waals surface area contributed by atoms with Crippen LogP contribution in [0.5, 0.6) is 11.5 Å². The Balaban J connectivity index is 1.79. The van der Waals surface area contributed by atoms with Crippen LogP contribution in [-0.2, 0) is 0 Å². The molecule has 1 unspecified atom stereocenters. The Kier molecular flexibility index (Phi) is 6.66.